The van der Waals surface area contributed by atoms with E-state index in [0.29, 0.717) is 11.5 Å². The first kappa shape index (κ1) is 17.5. The van der Waals surface area contributed by atoms with E-state index in [1.807, 2.05) is 36.1 Å². The lowest BCUT2D eigenvalue weighted by Gasteiger charge is -2.33. The molecule has 3 rings (SSSR count). The van der Waals surface area contributed by atoms with Crippen LogP contribution in [0.25, 0.3) is 0 Å². The van der Waals surface area contributed by atoms with Crippen LogP contribution in [0.15, 0.2) is 42.6 Å². The number of piperidine rings is 1. The average molecular weight is 338 g/mol. The highest BCUT2D eigenvalue weighted by Gasteiger charge is 2.24. The number of hydrogen-bond donors (Lipinski definition) is 0. The van der Waals surface area contributed by atoms with Crippen LogP contribution in [0, 0.1) is 12.8 Å². The Hall–Kier alpha value is -2.36. The van der Waals surface area contributed by atoms with Gasteiger partial charge < -0.3 is 9.64 Å². The summed E-state index contributed by atoms with van der Waals surface area (Å²) in [5, 5.41) is 0. The van der Waals surface area contributed by atoms with Gasteiger partial charge in [0.25, 0.3) is 5.91 Å². The first-order chi connectivity index (χ1) is 12.2. The molecule has 1 fully saturated rings. The SMILES string of the molecule is COc1cccc(CC[C@@H]2CCCN(C(=O)c3ccc(C)nc3)C2)c1. The van der Waals surface area contributed by atoms with Crippen molar-refractivity contribution in [1.82, 2.24) is 9.88 Å². The number of ether oxygens (including phenoxy) is 1. The minimum Gasteiger partial charge on any atom is -0.497 e. The lowest BCUT2D eigenvalue weighted by molar-refractivity contribution is 0.0668. The van der Waals surface area contributed by atoms with Crippen LogP contribution in [-0.4, -0.2) is 36.0 Å². The fourth-order valence-corrected chi connectivity index (χ4v) is 3.46. The highest BCUT2D eigenvalue weighted by Crippen LogP contribution is 2.24. The van der Waals surface area contributed by atoms with E-state index in [-0.39, 0.29) is 5.91 Å². The molecule has 1 aromatic heterocycles. The number of likely N-dealkylation sites (tertiary alicyclic amines) is 1. The van der Waals surface area contributed by atoms with Gasteiger partial charge in [0.15, 0.2) is 0 Å². The molecule has 1 saturated heterocycles. The Balaban J connectivity index is 1.57. The smallest absolute Gasteiger partial charge is 0.255 e. The number of amides is 1. The number of rotatable bonds is 5. The zero-order valence-corrected chi connectivity index (χ0v) is 15.1. The van der Waals surface area contributed by atoms with Gasteiger partial charge in [0.2, 0.25) is 0 Å². The van der Waals surface area contributed by atoms with Crippen molar-refractivity contribution >= 4 is 5.91 Å². The van der Waals surface area contributed by atoms with Crippen LogP contribution in [0.3, 0.4) is 0 Å². The Bertz CT molecular complexity index is 712. The van der Waals surface area contributed by atoms with E-state index in [0.717, 1.165) is 43.8 Å². The second kappa shape index (κ2) is 8.15. The van der Waals surface area contributed by atoms with Crippen LogP contribution >= 0.6 is 0 Å². The second-order valence-electron chi connectivity index (χ2n) is 6.84. The van der Waals surface area contributed by atoms with Crippen molar-refractivity contribution in [2.75, 3.05) is 20.2 Å². The normalized spacial score (nSPS) is 17.4. The molecular formula is C21H26N2O2. The quantitative estimate of drug-likeness (QED) is 0.831. The van der Waals surface area contributed by atoms with E-state index < -0.39 is 0 Å². The molecule has 2 heterocycles. The Labute approximate surface area is 149 Å². The van der Waals surface area contributed by atoms with Gasteiger partial charge in [-0.1, -0.05) is 12.1 Å². The predicted octanol–water partition coefficient (Wildman–Crippen LogP) is 3.88. The summed E-state index contributed by atoms with van der Waals surface area (Å²) >= 11 is 0. The molecule has 2 aromatic rings. The van der Waals surface area contributed by atoms with Crippen LogP contribution in [0.2, 0.25) is 0 Å². The van der Waals surface area contributed by atoms with Gasteiger partial charge >= 0.3 is 0 Å². The highest BCUT2D eigenvalue weighted by molar-refractivity contribution is 5.94. The van der Waals surface area contributed by atoms with Gasteiger partial charge in [-0.2, -0.15) is 0 Å². The van der Waals surface area contributed by atoms with Crippen LogP contribution < -0.4 is 4.74 Å². The predicted molar refractivity (Wildman–Crippen MR) is 98.9 cm³/mol. The second-order valence-corrected chi connectivity index (χ2v) is 6.84. The molecule has 0 radical (unpaired) electrons. The van der Waals surface area contributed by atoms with E-state index in [2.05, 4.69) is 17.1 Å². The summed E-state index contributed by atoms with van der Waals surface area (Å²) in [5.74, 6) is 1.57. The lowest BCUT2D eigenvalue weighted by Crippen LogP contribution is -2.40. The monoisotopic (exact) mass is 338 g/mol. The topological polar surface area (TPSA) is 42.4 Å². The summed E-state index contributed by atoms with van der Waals surface area (Å²) < 4.78 is 5.29. The van der Waals surface area contributed by atoms with Crippen molar-refractivity contribution < 1.29 is 9.53 Å². The Morgan fingerprint density at radius 1 is 1.32 bits per heavy atom. The minimum atomic E-state index is 0.110. The summed E-state index contributed by atoms with van der Waals surface area (Å²) in [6, 6.07) is 12.0. The zero-order valence-electron chi connectivity index (χ0n) is 15.1. The minimum absolute atomic E-state index is 0.110. The van der Waals surface area contributed by atoms with Gasteiger partial charge in [-0.05, 0) is 68.4 Å². The molecule has 1 aliphatic rings. The molecule has 25 heavy (non-hydrogen) atoms. The molecular weight excluding hydrogens is 312 g/mol. The van der Waals surface area contributed by atoms with Crippen molar-refractivity contribution in [3.8, 4) is 5.75 Å². The molecule has 0 N–H and O–H groups in total. The first-order valence-electron chi connectivity index (χ1n) is 9.00. The molecule has 0 bridgehead atoms. The highest BCUT2D eigenvalue weighted by atomic mass is 16.5. The molecule has 4 nitrogen and oxygen atoms in total. The van der Waals surface area contributed by atoms with E-state index in [1.54, 1.807) is 13.3 Å². The molecule has 1 aliphatic heterocycles. The van der Waals surface area contributed by atoms with E-state index in [1.165, 1.54) is 12.0 Å². The fraction of sp³-hybridized carbons (Fsp3) is 0.429. The van der Waals surface area contributed by atoms with Crippen molar-refractivity contribution in [2.24, 2.45) is 5.92 Å². The maximum absolute atomic E-state index is 12.7. The number of carbonyl (C=O) groups is 1. The number of carbonyl (C=O) groups excluding carboxylic acids is 1. The number of pyridine rings is 1. The molecule has 1 atom stereocenters. The largest absolute Gasteiger partial charge is 0.497 e. The summed E-state index contributed by atoms with van der Waals surface area (Å²) in [6.45, 7) is 3.63. The van der Waals surface area contributed by atoms with Crippen molar-refractivity contribution in [3.63, 3.8) is 0 Å². The number of aryl methyl sites for hydroxylation is 2. The van der Waals surface area contributed by atoms with Gasteiger partial charge in [-0.3, -0.25) is 9.78 Å². The summed E-state index contributed by atoms with van der Waals surface area (Å²) in [5.41, 5.74) is 2.93. The van der Waals surface area contributed by atoms with Gasteiger partial charge in [-0.25, -0.2) is 0 Å². The van der Waals surface area contributed by atoms with Gasteiger partial charge in [0.05, 0.1) is 12.7 Å². The average Bonchev–Trinajstić information content (AvgIpc) is 2.67. The Morgan fingerprint density at radius 3 is 2.96 bits per heavy atom. The first-order valence-corrected chi connectivity index (χ1v) is 9.00. The number of aromatic nitrogens is 1. The molecule has 0 saturated carbocycles. The molecule has 1 amide bonds. The molecule has 0 aliphatic carbocycles. The van der Waals surface area contributed by atoms with E-state index in [4.69, 9.17) is 4.74 Å². The number of benzene rings is 1. The van der Waals surface area contributed by atoms with Crippen molar-refractivity contribution in [2.45, 2.75) is 32.6 Å². The molecule has 1 aromatic carbocycles. The maximum Gasteiger partial charge on any atom is 0.255 e. The van der Waals surface area contributed by atoms with Gasteiger partial charge in [0.1, 0.15) is 5.75 Å². The van der Waals surface area contributed by atoms with Gasteiger partial charge in [0, 0.05) is 25.0 Å². The third-order valence-electron chi connectivity index (χ3n) is 4.94. The van der Waals surface area contributed by atoms with Crippen LogP contribution in [0.1, 0.15) is 40.9 Å². The standard InChI is InChI=1S/C21H26N2O2/c1-16-8-11-19(14-22-16)21(24)23-12-4-6-18(15-23)10-9-17-5-3-7-20(13-17)25-2/h3,5,7-8,11,13-14,18H,4,6,9-10,12,15H2,1-2H3/t18-/m0/s1. The van der Waals surface area contributed by atoms with Crippen molar-refractivity contribution in [1.29, 1.82) is 0 Å². The van der Waals surface area contributed by atoms with E-state index in [9.17, 15) is 4.79 Å². The molecule has 132 valence electrons. The van der Waals surface area contributed by atoms with Gasteiger partial charge in [-0.15, -0.1) is 0 Å². The molecule has 0 unspecified atom stereocenters. The van der Waals surface area contributed by atoms with E-state index >= 15 is 0 Å². The number of nitrogens with zero attached hydrogens (tertiary/aromatic N) is 2. The van der Waals surface area contributed by atoms with Crippen molar-refractivity contribution in [3.05, 3.63) is 59.4 Å². The fourth-order valence-electron chi connectivity index (χ4n) is 3.46. The zero-order chi connectivity index (χ0) is 17.6. The summed E-state index contributed by atoms with van der Waals surface area (Å²) in [7, 11) is 1.70. The summed E-state index contributed by atoms with van der Waals surface area (Å²) in [6.07, 6.45) is 6.09. The Kier molecular flexibility index (Phi) is 5.69. The van der Waals surface area contributed by atoms with Crippen LogP contribution in [-0.2, 0) is 6.42 Å². The molecule has 0 spiro atoms. The number of hydrogen-bond acceptors (Lipinski definition) is 3. The number of methoxy groups -OCH3 is 1. The van der Waals surface area contributed by atoms with Crippen LogP contribution in [0.5, 0.6) is 5.75 Å². The third-order valence-corrected chi connectivity index (χ3v) is 4.94. The molecule has 4 heteroatoms. The summed E-state index contributed by atoms with van der Waals surface area (Å²) in [4.78, 5) is 18.9. The van der Waals surface area contributed by atoms with Crippen LogP contribution in [0.4, 0.5) is 0 Å². The lowest BCUT2D eigenvalue weighted by atomic mass is 9.91. The maximum atomic E-state index is 12.7. The Morgan fingerprint density at radius 2 is 2.20 bits per heavy atom. The third kappa shape index (κ3) is 4.59.